The minimum absolute atomic E-state index is 0.0886. The molecule has 3 rings (SSSR count). The highest BCUT2D eigenvalue weighted by molar-refractivity contribution is 5.81. The van der Waals surface area contributed by atoms with Gasteiger partial charge in [0.25, 0.3) is 0 Å². The molecule has 4 nitrogen and oxygen atoms in total. The topological polar surface area (TPSA) is 32.8 Å². The molecule has 0 atom stereocenters. The third-order valence-corrected chi connectivity index (χ3v) is 5.52. The van der Waals surface area contributed by atoms with Crippen molar-refractivity contribution >= 4 is 5.91 Å². The Balaban J connectivity index is 1.45. The van der Waals surface area contributed by atoms with Gasteiger partial charge >= 0.3 is 0 Å². The summed E-state index contributed by atoms with van der Waals surface area (Å²) in [5.74, 6) is 0.332. The van der Waals surface area contributed by atoms with Gasteiger partial charge in [-0.1, -0.05) is 32.9 Å². The fraction of sp³-hybridized carbons (Fsp3) is 0.667. The largest absolute Gasteiger partial charge is 0.487 e. The Morgan fingerprint density at radius 2 is 1.65 bits per heavy atom. The number of nitrogens with zero attached hydrogens (tertiary/aromatic N) is 2. The number of carbonyl (C=O) groups is 1. The van der Waals surface area contributed by atoms with Crippen molar-refractivity contribution in [1.82, 2.24) is 9.80 Å². The minimum atomic E-state index is -0.296. The van der Waals surface area contributed by atoms with Gasteiger partial charge < -0.3 is 9.64 Å². The molecule has 2 heterocycles. The van der Waals surface area contributed by atoms with E-state index < -0.39 is 0 Å². The van der Waals surface area contributed by atoms with E-state index in [1.54, 1.807) is 18.2 Å². The first-order valence-electron chi connectivity index (χ1n) is 9.79. The summed E-state index contributed by atoms with van der Waals surface area (Å²) in [6.07, 6.45) is 4.03. The number of carbonyl (C=O) groups excluding carboxylic acids is 1. The van der Waals surface area contributed by atoms with E-state index in [1.165, 1.54) is 6.07 Å². The maximum Gasteiger partial charge on any atom is 0.227 e. The van der Waals surface area contributed by atoms with Gasteiger partial charge in [-0.15, -0.1) is 0 Å². The van der Waals surface area contributed by atoms with Crippen LogP contribution >= 0.6 is 0 Å². The molecular formula is C21H31FN2O2. The summed E-state index contributed by atoms with van der Waals surface area (Å²) >= 11 is 0. The molecule has 0 saturated carbocycles. The van der Waals surface area contributed by atoms with Crippen LogP contribution in [0.25, 0.3) is 0 Å². The molecule has 2 fully saturated rings. The van der Waals surface area contributed by atoms with Crippen molar-refractivity contribution in [3.8, 4) is 5.75 Å². The standard InChI is InChI=1S/C21H31FN2O2/c1-21(2,3)20(25)24-12-8-16(9-13-24)23-14-10-17(11-15-23)26-19-7-5-4-6-18(19)22/h4-7,16-17H,8-15H2,1-3H3. The molecule has 0 radical (unpaired) electrons. The molecule has 2 saturated heterocycles. The lowest BCUT2D eigenvalue weighted by Crippen LogP contribution is -2.51. The first-order chi connectivity index (χ1) is 12.3. The second-order valence-electron chi connectivity index (χ2n) is 8.56. The fourth-order valence-corrected chi connectivity index (χ4v) is 3.99. The zero-order valence-corrected chi connectivity index (χ0v) is 16.2. The van der Waals surface area contributed by atoms with E-state index in [2.05, 4.69) is 4.90 Å². The van der Waals surface area contributed by atoms with E-state index in [-0.39, 0.29) is 23.2 Å². The maximum atomic E-state index is 13.7. The van der Waals surface area contributed by atoms with Crippen LogP contribution in [0.15, 0.2) is 24.3 Å². The molecule has 0 N–H and O–H groups in total. The van der Waals surface area contributed by atoms with Crippen LogP contribution in [0.4, 0.5) is 4.39 Å². The number of amides is 1. The van der Waals surface area contributed by atoms with Gasteiger partial charge in [-0.25, -0.2) is 4.39 Å². The smallest absolute Gasteiger partial charge is 0.227 e. The molecule has 1 aromatic carbocycles. The summed E-state index contributed by atoms with van der Waals surface area (Å²) in [5, 5.41) is 0. The molecular weight excluding hydrogens is 331 g/mol. The van der Waals surface area contributed by atoms with Gasteiger partial charge in [0.15, 0.2) is 11.6 Å². The predicted molar refractivity (Wildman–Crippen MR) is 101 cm³/mol. The maximum absolute atomic E-state index is 13.7. The number of rotatable bonds is 3. The van der Waals surface area contributed by atoms with E-state index in [0.29, 0.717) is 11.8 Å². The lowest BCUT2D eigenvalue weighted by Gasteiger charge is -2.42. The van der Waals surface area contributed by atoms with Crippen LogP contribution in [0, 0.1) is 11.2 Å². The van der Waals surface area contributed by atoms with Crippen molar-refractivity contribution in [3.63, 3.8) is 0 Å². The molecule has 26 heavy (non-hydrogen) atoms. The van der Waals surface area contributed by atoms with Gasteiger partial charge in [-0.2, -0.15) is 0 Å². The zero-order valence-electron chi connectivity index (χ0n) is 16.2. The van der Waals surface area contributed by atoms with Gasteiger partial charge in [0.1, 0.15) is 6.10 Å². The Morgan fingerprint density at radius 3 is 2.23 bits per heavy atom. The van der Waals surface area contributed by atoms with E-state index in [9.17, 15) is 9.18 Å². The van der Waals surface area contributed by atoms with Crippen molar-refractivity contribution in [3.05, 3.63) is 30.1 Å². The van der Waals surface area contributed by atoms with Crippen molar-refractivity contribution in [1.29, 1.82) is 0 Å². The first kappa shape index (κ1) is 19.2. The average molecular weight is 362 g/mol. The van der Waals surface area contributed by atoms with Gasteiger partial charge in [0.05, 0.1) is 0 Å². The van der Waals surface area contributed by atoms with Crippen LogP contribution in [-0.4, -0.2) is 54.0 Å². The Hall–Kier alpha value is -1.62. The van der Waals surface area contributed by atoms with Crippen LogP contribution in [0.3, 0.4) is 0 Å². The molecule has 0 unspecified atom stereocenters. The number of piperidine rings is 2. The Bertz CT molecular complexity index is 613. The second kappa shape index (κ2) is 7.95. The predicted octanol–water partition coefficient (Wildman–Crippen LogP) is 3.71. The Kier molecular flexibility index (Phi) is 5.86. The van der Waals surface area contributed by atoms with E-state index in [0.717, 1.165) is 51.9 Å². The summed E-state index contributed by atoms with van der Waals surface area (Å²) in [5.41, 5.74) is -0.296. The molecule has 144 valence electrons. The van der Waals surface area contributed by atoms with Gasteiger partial charge in [0, 0.05) is 37.6 Å². The highest BCUT2D eigenvalue weighted by Crippen LogP contribution is 2.27. The molecule has 1 amide bonds. The van der Waals surface area contributed by atoms with Crippen molar-refractivity contribution in [2.24, 2.45) is 5.41 Å². The normalized spacial score (nSPS) is 21.0. The SMILES string of the molecule is CC(C)(C)C(=O)N1CCC(N2CCC(Oc3ccccc3F)CC2)CC1. The number of hydrogen-bond donors (Lipinski definition) is 0. The highest BCUT2D eigenvalue weighted by Gasteiger charge is 2.33. The average Bonchev–Trinajstić information content (AvgIpc) is 2.63. The van der Waals surface area contributed by atoms with Crippen LogP contribution in [0.1, 0.15) is 46.5 Å². The number of benzene rings is 1. The fourth-order valence-electron chi connectivity index (χ4n) is 3.99. The lowest BCUT2D eigenvalue weighted by molar-refractivity contribution is -0.141. The molecule has 2 aliphatic rings. The van der Waals surface area contributed by atoms with Crippen molar-refractivity contribution in [2.45, 2.75) is 58.6 Å². The second-order valence-corrected chi connectivity index (χ2v) is 8.56. The van der Waals surface area contributed by atoms with Crippen LogP contribution in [0.2, 0.25) is 0 Å². The minimum Gasteiger partial charge on any atom is -0.487 e. The number of ether oxygens (including phenoxy) is 1. The molecule has 5 heteroatoms. The number of likely N-dealkylation sites (tertiary alicyclic amines) is 2. The zero-order chi connectivity index (χ0) is 18.7. The Labute approximate surface area is 156 Å². The summed E-state index contributed by atoms with van der Waals surface area (Å²) < 4.78 is 19.6. The molecule has 2 aliphatic heterocycles. The number of hydrogen-bond acceptors (Lipinski definition) is 3. The van der Waals surface area contributed by atoms with Crippen LogP contribution < -0.4 is 4.74 Å². The number of para-hydroxylation sites is 1. The van der Waals surface area contributed by atoms with E-state index in [1.807, 2.05) is 25.7 Å². The van der Waals surface area contributed by atoms with Crippen molar-refractivity contribution in [2.75, 3.05) is 26.2 Å². The van der Waals surface area contributed by atoms with Gasteiger partial charge in [0.2, 0.25) is 5.91 Å². The summed E-state index contributed by atoms with van der Waals surface area (Å²) in [7, 11) is 0. The van der Waals surface area contributed by atoms with Crippen LogP contribution in [0.5, 0.6) is 5.75 Å². The van der Waals surface area contributed by atoms with E-state index in [4.69, 9.17) is 4.74 Å². The lowest BCUT2D eigenvalue weighted by atomic mass is 9.92. The Morgan fingerprint density at radius 1 is 1.04 bits per heavy atom. The molecule has 0 aromatic heterocycles. The van der Waals surface area contributed by atoms with E-state index >= 15 is 0 Å². The van der Waals surface area contributed by atoms with Crippen molar-refractivity contribution < 1.29 is 13.9 Å². The van der Waals surface area contributed by atoms with Crippen LogP contribution in [-0.2, 0) is 4.79 Å². The quantitative estimate of drug-likeness (QED) is 0.822. The third-order valence-electron chi connectivity index (χ3n) is 5.52. The third kappa shape index (κ3) is 4.56. The summed E-state index contributed by atoms with van der Waals surface area (Å²) in [4.78, 5) is 17.0. The molecule has 0 aliphatic carbocycles. The summed E-state index contributed by atoms with van der Waals surface area (Å²) in [6, 6.07) is 7.18. The number of halogens is 1. The molecule has 1 aromatic rings. The van der Waals surface area contributed by atoms with Gasteiger partial charge in [-0.3, -0.25) is 9.69 Å². The molecule has 0 spiro atoms. The summed E-state index contributed by atoms with van der Waals surface area (Å²) in [6.45, 7) is 9.64. The monoisotopic (exact) mass is 362 g/mol. The van der Waals surface area contributed by atoms with Gasteiger partial charge in [-0.05, 0) is 37.8 Å². The molecule has 0 bridgehead atoms. The first-order valence-corrected chi connectivity index (χ1v) is 9.79. The highest BCUT2D eigenvalue weighted by atomic mass is 19.1.